The zero-order chi connectivity index (χ0) is 23.9. The number of H-pyrrole nitrogens is 1. The molecule has 10 nitrogen and oxygen atoms in total. The van der Waals surface area contributed by atoms with Gasteiger partial charge in [0.25, 0.3) is 0 Å². The Morgan fingerprint density at radius 2 is 1.97 bits per heavy atom. The molecule has 3 heterocycles. The van der Waals surface area contributed by atoms with Crippen molar-refractivity contribution >= 4 is 42.6 Å². The van der Waals surface area contributed by atoms with Crippen molar-refractivity contribution in [2.24, 2.45) is 0 Å². The van der Waals surface area contributed by atoms with Crippen LogP contribution in [0.1, 0.15) is 26.7 Å². The van der Waals surface area contributed by atoms with Gasteiger partial charge in [0.1, 0.15) is 17.6 Å². The third-order valence-corrected chi connectivity index (χ3v) is 7.88. The maximum absolute atomic E-state index is 13.1. The molecule has 0 amide bonds. The summed E-state index contributed by atoms with van der Waals surface area (Å²) in [5.74, 6) is 0.531. The van der Waals surface area contributed by atoms with Crippen LogP contribution < -0.4 is 10.4 Å². The van der Waals surface area contributed by atoms with Gasteiger partial charge in [0, 0.05) is 26.2 Å². The molecule has 1 aromatic carbocycles. The first-order chi connectivity index (χ1) is 15.7. The SMILES string of the molecule is CCCOc1ccc(S(=O)(=O)N(C)C)cc1-c1[nH]c2c(c1Br)n(CCC)c(=O)n1cnnc21. The first-order valence-electron chi connectivity index (χ1n) is 10.6. The van der Waals surface area contributed by atoms with E-state index in [1.165, 1.54) is 30.9 Å². The lowest BCUT2D eigenvalue weighted by Crippen LogP contribution is -2.26. The zero-order valence-electron chi connectivity index (χ0n) is 18.8. The highest BCUT2D eigenvalue weighted by molar-refractivity contribution is 9.10. The Balaban J connectivity index is 2.06. The van der Waals surface area contributed by atoms with Crippen molar-refractivity contribution in [2.45, 2.75) is 38.1 Å². The fraction of sp³-hybridized carbons (Fsp3) is 0.381. The van der Waals surface area contributed by atoms with Gasteiger partial charge in [-0.25, -0.2) is 21.9 Å². The zero-order valence-corrected chi connectivity index (χ0v) is 21.2. The molecule has 0 spiro atoms. The molecule has 0 bridgehead atoms. The number of hydrogen-bond acceptors (Lipinski definition) is 6. The van der Waals surface area contributed by atoms with E-state index in [0.29, 0.717) is 51.3 Å². The smallest absolute Gasteiger partial charge is 0.335 e. The highest BCUT2D eigenvalue weighted by Crippen LogP contribution is 2.40. The minimum atomic E-state index is -3.67. The number of aromatic amines is 1. The summed E-state index contributed by atoms with van der Waals surface area (Å²) in [6, 6.07) is 4.77. The van der Waals surface area contributed by atoms with Crippen LogP contribution in [0.4, 0.5) is 0 Å². The number of nitrogens with one attached hydrogen (secondary N) is 1. The molecule has 0 saturated heterocycles. The number of benzene rings is 1. The van der Waals surface area contributed by atoms with Crippen molar-refractivity contribution in [1.29, 1.82) is 0 Å². The monoisotopic (exact) mass is 536 g/mol. The molecule has 0 aliphatic rings. The number of hydrogen-bond donors (Lipinski definition) is 1. The Morgan fingerprint density at radius 3 is 2.64 bits per heavy atom. The van der Waals surface area contributed by atoms with Crippen LogP contribution in [-0.2, 0) is 16.6 Å². The highest BCUT2D eigenvalue weighted by atomic mass is 79.9. The average molecular weight is 537 g/mol. The molecule has 12 heteroatoms. The fourth-order valence-electron chi connectivity index (χ4n) is 3.68. The minimum absolute atomic E-state index is 0.135. The maximum Gasteiger partial charge on any atom is 0.335 e. The number of rotatable bonds is 8. The Kier molecular flexibility index (Phi) is 6.34. The molecular weight excluding hydrogens is 512 g/mol. The van der Waals surface area contributed by atoms with Gasteiger partial charge in [-0.05, 0) is 47.0 Å². The van der Waals surface area contributed by atoms with Crippen LogP contribution in [0.15, 0.2) is 38.7 Å². The van der Waals surface area contributed by atoms with Crippen LogP contribution in [-0.4, -0.2) is 57.6 Å². The molecule has 0 fully saturated rings. The van der Waals surface area contributed by atoms with Crippen LogP contribution in [0.2, 0.25) is 0 Å². The van der Waals surface area contributed by atoms with E-state index in [0.717, 1.165) is 17.1 Å². The molecule has 1 N–H and O–H groups in total. The van der Waals surface area contributed by atoms with Gasteiger partial charge in [-0.15, -0.1) is 10.2 Å². The molecular formula is C21H25BrN6O4S. The van der Waals surface area contributed by atoms with Gasteiger partial charge < -0.3 is 9.72 Å². The molecule has 0 saturated carbocycles. The lowest BCUT2D eigenvalue weighted by atomic mass is 10.1. The molecule has 33 heavy (non-hydrogen) atoms. The molecule has 3 aromatic heterocycles. The Hall–Kier alpha value is -2.70. The molecule has 0 aliphatic heterocycles. The van der Waals surface area contributed by atoms with Gasteiger partial charge >= 0.3 is 5.69 Å². The van der Waals surface area contributed by atoms with E-state index in [4.69, 9.17) is 4.74 Å². The summed E-state index contributed by atoms with van der Waals surface area (Å²) in [7, 11) is -0.696. The van der Waals surface area contributed by atoms with Crippen molar-refractivity contribution in [2.75, 3.05) is 20.7 Å². The summed E-state index contributed by atoms with van der Waals surface area (Å²) in [4.78, 5) is 16.5. The van der Waals surface area contributed by atoms with E-state index in [9.17, 15) is 13.2 Å². The van der Waals surface area contributed by atoms with Gasteiger partial charge in [-0.3, -0.25) is 4.57 Å². The van der Waals surface area contributed by atoms with Crippen LogP contribution >= 0.6 is 15.9 Å². The molecule has 0 atom stereocenters. The van der Waals surface area contributed by atoms with Crippen molar-refractivity contribution < 1.29 is 13.2 Å². The van der Waals surface area contributed by atoms with E-state index in [-0.39, 0.29) is 10.6 Å². The van der Waals surface area contributed by atoms with Crippen LogP contribution in [0, 0.1) is 0 Å². The number of nitrogens with zero attached hydrogens (tertiary/aromatic N) is 5. The van der Waals surface area contributed by atoms with Gasteiger partial charge in [0.2, 0.25) is 10.0 Å². The molecule has 0 radical (unpaired) electrons. The highest BCUT2D eigenvalue weighted by Gasteiger charge is 2.25. The number of aromatic nitrogens is 5. The first kappa shape index (κ1) is 23.5. The van der Waals surface area contributed by atoms with Crippen molar-refractivity contribution in [3.05, 3.63) is 39.5 Å². The molecule has 176 valence electrons. The molecule has 4 aromatic rings. The number of sulfonamides is 1. The van der Waals surface area contributed by atoms with Gasteiger partial charge in [-0.2, -0.15) is 0 Å². The number of ether oxygens (including phenoxy) is 1. The molecule has 0 unspecified atom stereocenters. The summed E-state index contributed by atoms with van der Waals surface area (Å²) in [5.41, 5.74) is 2.55. The number of fused-ring (bicyclic) bond motifs is 3. The number of aryl methyl sites for hydroxylation is 1. The predicted molar refractivity (Wildman–Crippen MR) is 129 cm³/mol. The van der Waals surface area contributed by atoms with Crippen LogP contribution in [0.5, 0.6) is 5.75 Å². The largest absolute Gasteiger partial charge is 0.493 e. The Bertz CT molecular complexity index is 1500. The maximum atomic E-state index is 13.1. The second kappa shape index (κ2) is 8.92. The van der Waals surface area contributed by atoms with Crippen LogP contribution in [0.3, 0.4) is 0 Å². The van der Waals surface area contributed by atoms with E-state index in [1.54, 1.807) is 16.7 Å². The van der Waals surface area contributed by atoms with E-state index >= 15 is 0 Å². The summed E-state index contributed by atoms with van der Waals surface area (Å²) >= 11 is 3.66. The summed E-state index contributed by atoms with van der Waals surface area (Å²) in [5, 5.41) is 8.03. The van der Waals surface area contributed by atoms with Gasteiger partial charge in [0.15, 0.2) is 5.65 Å². The Labute approximate surface area is 199 Å². The molecule has 4 rings (SSSR count). The Morgan fingerprint density at radius 1 is 1.21 bits per heavy atom. The average Bonchev–Trinajstić information content (AvgIpc) is 3.40. The second-order valence-corrected chi connectivity index (χ2v) is 10.7. The summed E-state index contributed by atoms with van der Waals surface area (Å²) < 4.78 is 36.4. The normalized spacial score (nSPS) is 12.3. The summed E-state index contributed by atoms with van der Waals surface area (Å²) in [6.45, 7) is 4.95. The standard InChI is InChI=1S/C21H25BrN6O4S/c1-5-9-27-19-16(22)17(24-18(19)20-25-23-12-28(20)21(27)29)14-11-13(33(30,31)26(3)4)7-8-15(14)32-10-6-2/h7-8,11-12,24H,5-6,9-10H2,1-4H3. The molecule has 0 aliphatic carbocycles. The lowest BCUT2D eigenvalue weighted by Gasteiger charge is -2.15. The van der Waals surface area contributed by atoms with Gasteiger partial charge in [-0.1, -0.05) is 13.8 Å². The third-order valence-electron chi connectivity index (χ3n) is 5.30. The minimum Gasteiger partial charge on any atom is -0.493 e. The predicted octanol–water partition coefficient (Wildman–Crippen LogP) is 3.25. The topological polar surface area (TPSA) is 115 Å². The van der Waals surface area contributed by atoms with Crippen molar-refractivity contribution in [3.63, 3.8) is 0 Å². The van der Waals surface area contributed by atoms with E-state index in [2.05, 4.69) is 31.1 Å². The summed E-state index contributed by atoms with van der Waals surface area (Å²) in [6.07, 6.45) is 2.93. The first-order valence-corrected chi connectivity index (χ1v) is 12.8. The van der Waals surface area contributed by atoms with Crippen molar-refractivity contribution in [3.8, 4) is 17.0 Å². The number of halogens is 1. The lowest BCUT2D eigenvalue weighted by molar-refractivity contribution is 0.318. The quantitative estimate of drug-likeness (QED) is 0.369. The van der Waals surface area contributed by atoms with Crippen LogP contribution in [0.25, 0.3) is 27.9 Å². The van der Waals surface area contributed by atoms with Crippen molar-refractivity contribution in [1.82, 2.24) is 28.5 Å². The van der Waals surface area contributed by atoms with E-state index in [1.807, 2.05) is 13.8 Å². The fourth-order valence-corrected chi connectivity index (χ4v) is 5.34. The second-order valence-electron chi connectivity index (χ2n) is 7.79. The third kappa shape index (κ3) is 3.85. The van der Waals surface area contributed by atoms with Gasteiger partial charge in [0.05, 0.1) is 27.2 Å². The van der Waals surface area contributed by atoms with E-state index < -0.39 is 10.0 Å².